The fourth-order valence-corrected chi connectivity index (χ4v) is 4.03. The van der Waals surface area contributed by atoms with Crippen LogP contribution in [0.2, 0.25) is 0 Å². The highest BCUT2D eigenvalue weighted by atomic mass is 19.3. The van der Waals surface area contributed by atoms with Crippen molar-refractivity contribution in [2.75, 3.05) is 0 Å². The number of ether oxygens (including phenoxy) is 1. The van der Waals surface area contributed by atoms with Gasteiger partial charge in [-0.1, -0.05) is 0 Å². The summed E-state index contributed by atoms with van der Waals surface area (Å²) in [5.41, 5.74) is -0.459. The summed E-state index contributed by atoms with van der Waals surface area (Å²) in [5, 5.41) is 0. The van der Waals surface area contributed by atoms with Gasteiger partial charge in [-0.25, -0.2) is 0 Å². The van der Waals surface area contributed by atoms with E-state index in [1.807, 2.05) is 0 Å². The Bertz CT molecular complexity index is 198. The Morgan fingerprint density at radius 2 is 1.79 bits per heavy atom. The van der Waals surface area contributed by atoms with Gasteiger partial charge in [0.25, 0.3) is 0 Å². The molecule has 4 aliphatic carbocycles. The van der Waals surface area contributed by atoms with E-state index in [0.717, 1.165) is 19.3 Å². The Kier molecular flexibility index (Phi) is 1.88. The molecule has 79 valence electrons. The Balaban J connectivity index is 1.80. The monoisotopic (exact) mass is 201 g/mol. The van der Waals surface area contributed by atoms with Crippen molar-refractivity contribution >= 4 is 0 Å². The van der Waals surface area contributed by atoms with Crippen molar-refractivity contribution in [2.45, 2.75) is 44.3 Å². The maximum atomic E-state index is 12.3. The molecule has 4 saturated carbocycles. The second-order valence-corrected chi connectivity index (χ2v) is 5.22. The minimum Gasteiger partial charge on any atom is -0.316 e. The van der Waals surface area contributed by atoms with Gasteiger partial charge in [-0.15, -0.1) is 0 Å². The third-order valence-corrected chi connectivity index (χ3v) is 4.08. The molecule has 14 heavy (non-hydrogen) atoms. The average molecular weight is 201 g/mol. The number of halogens is 2. The molecule has 3 heteroatoms. The lowest BCUT2D eigenvalue weighted by Crippen LogP contribution is -2.52. The quantitative estimate of drug-likeness (QED) is 0.667. The van der Waals surface area contributed by atoms with E-state index in [1.54, 1.807) is 0 Å². The van der Waals surface area contributed by atoms with E-state index in [4.69, 9.17) is 4.74 Å². The van der Waals surface area contributed by atoms with Crippen LogP contribution >= 0.6 is 0 Å². The zero-order chi connectivity index (χ0) is 9.76. The molecule has 0 heterocycles. The second-order valence-electron chi connectivity index (χ2n) is 5.22. The van der Waals surface area contributed by atoms with Gasteiger partial charge in [-0.2, -0.15) is 8.78 Å². The molecule has 0 N–H and O–H groups in total. The summed E-state index contributed by atoms with van der Waals surface area (Å²) in [6.07, 6.45) is 7.35. The van der Waals surface area contributed by atoms with Gasteiger partial charge in [0.15, 0.2) is 0 Å². The first-order valence-electron chi connectivity index (χ1n) is 5.46. The van der Waals surface area contributed by atoms with Crippen LogP contribution in [0.4, 0.5) is 8.78 Å². The molecule has 4 aliphatic rings. The van der Waals surface area contributed by atoms with Gasteiger partial charge >= 0.3 is 6.61 Å². The highest BCUT2D eigenvalue weighted by molar-refractivity contribution is 5.09. The average Bonchev–Trinajstić information content (AvgIpc) is 1.96. The van der Waals surface area contributed by atoms with Crippen molar-refractivity contribution in [3.63, 3.8) is 0 Å². The Labute approximate surface area is 82.8 Å². The van der Waals surface area contributed by atoms with Crippen LogP contribution in [-0.4, -0.2) is 12.2 Å². The molecular formula is C11H15F2O. The van der Waals surface area contributed by atoms with E-state index < -0.39 is 12.2 Å². The van der Waals surface area contributed by atoms with Crippen LogP contribution < -0.4 is 0 Å². The molecule has 0 aromatic heterocycles. The summed E-state index contributed by atoms with van der Waals surface area (Å²) >= 11 is 0. The predicted molar refractivity (Wildman–Crippen MR) is 47.7 cm³/mol. The van der Waals surface area contributed by atoms with Crippen molar-refractivity contribution in [1.82, 2.24) is 0 Å². The van der Waals surface area contributed by atoms with Gasteiger partial charge in [-0.05, 0) is 56.3 Å². The summed E-state index contributed by atoms with van der Waals surface area (Å²) in [4.78, 5) is 0. The number of hydrogen-bond donors (Lipinski definition) is 0. The van der Waals surface area contributed by atoms with Crippen molar-refractivity contribution in [2.24, 2.45) is 17.8 Å². The maximum Gasteiger partial charge on any atom is 0.345 e. The third-order valence-electron chi connectivity index (χ3n) is 4.08. The Morgan fingerprint density at radius 1 is 1.14 bits per heavy atom. The third kappa shape index (κ3) is 1.37. The van der Waals surface area contributed by atoms with Crippen molar-refractivity contribution in [3.05, 3.63) is 6.42 Å². The van der Waals surface area contributed by atoms with Crippen LogP contribution in [0, 0.1) is 24.2 Å². The predicted octanol–water partition coefficient (Wildman–Crippen LogP) is 3.01. The molecule has 0 aromatic carbocycles. The molecule has 0 aliphatic heterocycles. The Morgan fingerprint density at radius 3 is 2.29 bits per heavy atom. The SMILES string of the molecule is FC(F)OC12CC3[CH]C(CC(C3)C1)C2. The standard InChI is InChI=1S/C11H15F2O/c12-10(13)14-11-4-7-1-8(5-11)3-9(2-7)6-11/h1,7-10H,2-6H2. The van der Waals surface area contributed by atoms with Gasteiger partial charge in [-0.3, -0.25) is 0 Å². The molecule has 1 radical (unpaired) electrons. The number of hydrogen-bond acceptors (Lipinski definition) is 1. The maximum absolute atomic E-state index is 12.3. The largest absolute Gasteiger partial charge is 0.345 e. The molecule has 1 nitrogen and oxygen atoms in total. The number of rotatable bonds is 2. The molecule has 0 spiro atoms. The molecule has 0 aromatic rings. The zero-order valence-corrected chi connectivity index (χ0v) is 8.09. The molecule has 4 fully saturated rings. The van der Waals surface area contributed by atoms with Crippen LogP contribution in [-0.2, 0) is 4.74 Å². The first kappa shape index (κ1) is 9.08. The minimum absolute atomic E-state index is 0.459. The van der Waals surface area contributed by atoms with E-state index in [2.05, 4.69) is 6.42 Å². The lowest BCUT2D eigenvalue weighted by Gasteiger charge is -2.55. The zero-order valence-electron chi connectivity index (χ0n) is 8.09. The van der Waals surface area contributed by atoms with E-state index in [-0.39, 0.29) is 0 Å². The first-order chi connectivity index (χ1) is 6.65. The lowest BCUT2D eigenvalue weighted by atomic mass is 9.54. The van der Waals surface area contributed by atoms with Gasteiger partial charge < -0.3 is 4.74 Å². The van der Waals surface area contributed by atoms with Crippen LogP contribution in [0.15, 0.2) is 0 Å². The molecule has 4 bridgehead atoms. The fraction of sp³-hybridized carbons (Fsp3) is 0.909. The van der Waals surface area contributed by atoms with E-state index in [0.29, 0.717) is 17.8 Å². The van der Waals surface area contributed by atoms with Gasteiger partial charge in [0.1, 0.15) is 0 Å². The highest BCUT2D eigenvalue weighted by Gasteiger charge is 2.52. The summed E-state index contributed by atoms with van der Waals surface area (Å²) in [6, 6.07) is 0. The van der Waals surface area contributed by atoms with Crippen LogP contribution in [0.25, 0.3) is 0 Å². The minimum atomic E-state index is -2.59. The van der Waals surface area contributed by atoms with E-state index >= 15 is 0 Å². The summed E-state index contributed by atoms with van der Waals surface area (Å²) in [7, 11) is 0. The fourth-order valence-electron chi connectivity index (χ4n) is 4.03. The Hall–Kier alpha value is -0.180. The topological polar surface area (TPSA) is 9.23 Å². The van der Waals surface area contributed by atoms with Crippen molar-refractivity contribution < 1.29 is 13.5 Å². The highest BCUT2D eigenvalue weighted by Crippen LogP contribution is 2.56. The van der Waals surface area contributed by atoms with Crippen LogP contribution in [0.3, 0.4) is 0 Å². The van der Waals surface area contributed by atoms with Crippen molar-refractivity contribution in [1.29, 1.82) is 0 Å². The molecular weight excluding hydrogens is 186 g/mol. The van der Waals surface area contributed by atoms with Crippen molar-refractivity contribution in [3.8, 4) is 0 Å². The smallest absolute Gasteiger partial charge is 0.316 e. The molecule has 2 atom stereocenters. The molecule has 0 amide bonds. The lowest BCUT2D eigenvalue weighted by molar-refractivity contribution is -0.249. The normalized spacial score (nSPS) is 50.4. The second kappa shape index (κ2) is 2.91. The molecule has 4 rings (SSSR count). The molecule has 2 unspecified atom stereocenters. The summed E-state index contributed by atoms with van der Waals surface area (Å²) in [6.45, 7) is -2.59. The number of alkyl halides is 2. The van der Waals surface area contributed by atoms with Crippen LogP contribution in [0.5, 0.6) is 0 Å². The van der Waals surface area contributed by atoms with Gasteiger partial charge in [0.05, 0.1) is 5.60 Å². The van der Waals surface area contributed by atoms with Gasteiger partial charge in [0.2, 0.25) is 0 Å². The summed E-state index contributed by atoms with van der Waals surface area (Å²) in [5.74, 6) is 1.76. The first-order valence-corrected chi connectivity index (χ1v) is 5.46. The van der Waals surface area contributed by atoms with E-state index in [9.17, 15) is 8.78 Å². The molecule has 0 saturated heterocycles. The summed E-state index contributed by atoms with van der Waals surface area (Å²) < 4.78 is 29.5. The van der Waals surface area contributed by atoms with Crippen LogP contribution in [0.1, 0.15) is 32.1 Å². The van der Waals surface area contributed by atoms with Gasteiger partial charge in [0, 0.05) is 0 Å². The van der Waals surface area contributed by atoms with E-state index in [1.165, 1.54) is 12.8 Å².